The molecule has 2 amide bonds. The lowest BCUT2D eigenvalue weighted by atomic mass is 10.1. The van der Waals surface area contributed by atoms with Crippen LogP contribution < -0.4 is 5.32 Å². The molecule has 5 heteroatoms. The van der Waals surface area contributed by atoms with Crippen LogP contribution in [0.3, 0.4) is 0 Å². The first-order valence-electron chi connectivity index (χ1n) is 8.76. The zero-order valence-electron chi connectivity index (χ0n) is 16.0. The fraction of sp³-hybridized carbons (Fsp3) is 0.273. The predicted molar refractivity (Wildman–Crippen MR) is 117 cm³/mol. The van der Waals surface area contributed by atoms with Crippen molar-refractivity contribution in [3.8, 4) is 0 Å². The highest BCUT2D eigenvalue weighted by molar-refractivity contribution is 14.1. The van der Waals surface area contributed by atoms with E-state index in [1.807, 2.05) is 75.4 Å². The minimum Gasteiger partial charge on any atom is -0.346 e. The molecule has 0 heterocycles. The number of hydrogen-bond donors (Lipinski definition) is 1. The molecule has 0 aromatic heterocycles. The summed E-state index contributed by atoms with van der Waals surface area (Å²) < 4.78 is 1.02. The number of nitrogens with zero attached hydrogens (tertiary/aromatic N) is 1. The Kier molecular flexibility index (Phi) is 7.18. The van der Waals surface area contributed by atoms with Crippen LogP contribution in [0.2, 0.25) is 0 Å². The molecule has 0 aliphatic rings. The van der Waals surface area contributed by atoms with Gasteiger partial charge in [-0.25, -0.2) is 0 Å². The van der Waals surface area contributed by atoms with Crippen LogP contribution in [0.4, 0.5) is 0 Å². The van der Waals surface area contributed by atoms with E-state index in [4.69, 9.17) is 0 Å². The topological polar surface area (TPSA) is 49.4 Å². The number of hydrogen-bond acceptors (Lipinski definition) is 2. The Hall–Kier alpha value is -2.15. The van der Waals surface area contributed by atoms with Crippen molar-refractivity contribution in [3.63, 3.8) is 0 Å². The average Bonchev–Trinajstić information content (AvgIpc) is 2.60. The van der Waals surface area contributed by atoms with Crippen molar-refractivity contribution in [1.82, 2.24) is 10.2 Å². The molecule has 4 nitrogen and oxygen atoms in total. The number of carbonyl (C=O) groups excluding carboxylic acids is 2. The smallest absolute Gasteiger partial charge is 0.267 e. The Bertz CT molecular complexity index is 826. The summed E-state index contributed by atoms with van der Waals surface area (Å²) in [7, 11) is 0. The molecule has 0 radical (unpaired) electrons. The van der Waals surface area contributed by atoms with E-state index in [0.29, 0.717) is 6.54 Å². The summed E-state index contributed by atoms with van der Waals surface area (Å²) in [5, 5.41) is 2.88. The van der Waals surface area contributed by atoms with Crippen LogP contribution in [0.1, 0.15) is 31.9 Å². The molecule has 2 aromatic rings. The highest BCUT2D eigenvalue weighted by Crippen LogP contribution is 2.17. The lowest BCUT2D eigenvalue weighted by Crippen LogP contribution is -2.45. The van der Waals surface area contributed by atoms with Gasteiger partial charge in [-0.1, -0.05) is 55.1 Å². The van der Waals surface area contributed by atoms with Gasteiger partial charge >= 0.3 is 0 Å². The Labute approximate surface area is 174 Å². The maximum absolute atomic E-state index is 13.1. The molecule has 0 spiro atoms. The third-order valence-electron chi connectivity index (χ3n) is 3.86. The summed E-state index contributed by atoms with van der Waals surface area (Å²) in [6.45, 7) is 9.91. The predicted octanol–water partition coefficient (Wildman–Crippen LogP) is 4.29. The molecule has 0 aliphatic carbocycles. The van der Waals surface area contributed by atoms with Crippen molar-refractivity contribution < 1.29 is 9.59 Å². The number of halogens is 1. The van der Waals surface area contributed by atoms with Crippen LogP contribution in [0.5, 0.6) is 0 Å². The third-order valence-corrected chi connectivity index (χ3v) is 4.91. The van der Waals surface area contributed by atoms with E-state index < -0.39 is 5.54 Å². The van der Waals surface area contributed by atoms with Crippen LogP contribution in [-0.4, -0.2) is 22.3 Å². The fourth-order valence-corrected chi connectivity index (χ4v) is 3.11. The van der Waals surface area contributed by atoms with Crippen LogP contribution in [-0.2, 0) is 22.6 Å². The Balaban J connectivity index is 2.25. The van der Waals surface area contributed by atoms with Gasteiger partial charge < -0.3 is 10.2 Å². The standard InChI is InChI=1S/C22H25IN2O2/c1-16(21(27)24-22(2,3)4)25(15-17-10-6-5-7-11-17)20(26)14-18-12-8-9-13-19(18)23/h5-13H,1,14-15H2,2-4H3,(H,24,27). The van der Waals surface area contributed by atoms with E-state index >= 15 is 0 Å². The molecule has 0 unspecified atom stereocenters. The summed E-state index contributed by atoms with van der Waals surface area (Å²) in [5.74, 6) is -0.494. The number of benzene rings is 2. The Morgan fingerprint density at radius 1 is 1.04 bits per heavy atom. The fourth-order valence-electron chi connectivity index (χ4n) is 2.54. The first kappa shape index (κ1) is 21.2. The average molecular weight is 476 g/mol. The highest BCUT2D eigenvalue weighted by Gasteiger charge is 2.25. The zero-order chi connectivity index (χ0) is 20.0. The number of amides is 2. The Morgan fingerprint density at radius 2 is 1.63 bits per heavy atom. The van der Waals surface area contributed by atoms with Gasteiger partial charge in [0.1, 0.15) is 5.70 Å². The molecule has 0 bridgehead atoms. The van der Waals surface area contributed by atoms with Crippen LogP contribution in [0, 0.1) is 3.57 Å². The van der Waals surface area contributed by atoms with E-state index in [9.17, 15) is 9.59 Å². The molecule has 1 N–H and O–H groups in total. The minimum absolute atomic E-state index is 0.156. The van der Waals surface area contributed by atoms with Gasteiger partial charge in [-0.15, -0.1) is 0 Å². The van der Waals surface area contributed by atoms with Gasteiger partial charge in [0.2, 0.25) is 5.91 Å². The zero-order valence-corrected chi connectivity index (χ0v) is 18.1. The summed E-state index contributed by atoms with van der Waals surface area (Å²) in [6.07, 6.45) is 0.216. The number of rotatable bonds is 6. The van der Waals surface area contributed by atoms with Gasteiger partial charge in [-0.05, 0) is 60.6 Å². The summed E-state index contributed by atoms with van der Waals surface area (Å²) in [5.41, 5.74) is 1.63. The molecule has 2 aromatic carbocycles. The van der Waals surface area contributed by atoms with E-state index in [1.54, 1.807) is 0 Å². The van der Waals surface area contributed by atoms with Crippen LogP contribution in [0.15, 0.2) is 66.9 Å². The monoisotopic (exact) mass is 476 g/mol. The van der Waals surface area contributed by atoms with Gasteiger partial charge in [-0.3, -0.25) is 9.59 Å². The third kappa shape index (κ3) is 6.50. The molecule has 0 saturated heterocycles. The second kappa shape index (κ2) is 9.17. The number of nitrogens with one attached hydrogen (secondary N) is 1. The summed E-state index contributed by atoms with van der Waals surface area (Å²) in [4.78, 5) is 27.1. The van der Waals surface area contributed by atoms with Crippen LogP contribution in [0.25, 0.3) is 0 Å². The second-order valence-electron chi connectivity index (χ2n) is 7.38. The van der Waals surface area contributed by atoms with Crippen molar-refractivity contribution >= 4 is 34.4 Å². The van der Waals surface area contributed by atoms with Gasteiger partial charge in [0.05, 0.1) is 13.0 Å². The quantitative estimate of drug-likeness (QED) is 0.500. The molecular formula is C22H25IN2O2. The molecule has 0 fully saturated rings. The Morgan fingerprint density at radius 3 is 2.22 bits per heavy atom. The molecule has 27 heavy (non-hydrogen) atoms. The maximum atomic E-state index is 13.1. The van der Waals surface area contributed by atoms with E-state index in [-0.39, 0.29) is 23.9 Å². The van der Waals surface area contributed by atoms with Gasteiger partial charge in [0.25, 0.3) is 5.91 Å². The molecule has 142 valence electrons. The first-order valence-corrected chi connectivity index (χ1v) is 9.84. The first-order chi connectivity index (χ1) is 12.7. The van der Waals surface area contributed by atoms with E-state index in [0.717, 1.165) is 14.7 Å². The largest absolute Gasteiger partial charge is 0.346 e. The number of carbonyl (C=O) groups is 2. The van der Waals surface area contributed by atoms with Gasteiger partial charge in [-0.2, -0.15) is 0 Å². The molecule has 0 atom stereocenters. The van der Waals surface area contributed by atoms with E-state index in [2.05, 4.69) is 34.5 Å². The van der Waals surface area contributed by atoms with Crippen molar-refractivity contribution in [2.45, 2.75) is 39.3 Å². The lowest BCUT2D eigenvalue weighted by molar-refractivity contribution is -0.132. The second-order valence-corrected chi connectivity index (χ2v) is 8.55. The van der Waals surface area contributed by atoms with Gasteiger partial charge in [0, 0.05) is 9.11 Å². The normalized spacial score (nSPS) is 11.0. The molecule has 0 saturated carbocycles. The van der Waals surface area contributed by atoms with Crippen molar-refractivity contribution in [2.24, 2.45) is 0 Å². The molecular weight excluding hydrogens is 451 g/mol. The summed E-state index contributed by atoms with van der Waals surface area (Å²) in [6, 6.07) is 17.4. The summed E-state index contributed by atoms with van der Waals surface area (Å²) >= 11 is 2.22. The maximum Gasteiger partial charge on any atom is 0.267 e. The molecule has 2 rings (SSSR count). The molecule has 0 aliphatic heterocycles. The SMILES string of the molecule is C=C(C(=O)NC(C)(C)C)N(Cc1ccccc1)C(=O)Cc1ccccc1I. The van der Waals surface area contributed by atoms with Crippen molar-refractivity contribution in [1.29, 1.82) is 0 Å². The lowest BCUT2D eigenvalue weighted by Gasteiger charge is -2.28. The van der Waals surface area contributed by atoms with Crippen molar-refractivity contribution in [3.05, 3.63) is 81.6 Å². The van der Waals surface area contributed by atoms with Crippen molar-refractivity contribution in [2.75, 3.05) is 0 Å². The van der Waals surface area contributed by atoms with E-state index in [1.165, 1.54) is 4.90 Å². The minimum atomic E-state index is -0.406. The van der Waals surface area contributed by atoms with Gasteiger partial charge in [0.15, 0.2) is 0 Å². The van der Waals surface area contributed by atoms with Crippen LogP contribution >= 0.6 is 22.6 Å². The highest BCUT2D eigenvalue weighted by atomic mass is 127.